The van der Waals surface area contributed by atoms with Crippen LogP contribution in [0.5, 0.6) is 0 Å². The number of carbonyl (C=O) groups excluding carboxylic acids is 1. The highest BCUT2D eigenvalue weighted by atomic mass is 32.1. The summed E-state index contributed by atoms with van der Waals surface area (Å²) in [5.74, 6) is -0.560. The molecule has 3 rings (SSSR count). The summed E-state index contributed by atoms with van der Waals surface area (Å²) in [6.07, 6.45) is 1.92. The van der Waals surface area contributed by atoms with Gasteiger partial charge in [0.15, 0.2) is 22.7 Å². The highest BCUT2D eigenvalue weighted by molar-refractivity contribution is 7.07. The zero-order valence-corrected chi connectivity index (χ0v) is 13.6. The number of morpholine rings is 1. The number of hydrogen-bond donors (Lipinski definition) is 0. The molecule has 2 aromatic rings. The van der Waals surface area contributed by atoms with E-state index in [9.17, 15) is 9.18 Å². The Morgan fingerprint density at radius 3 is 2.70 bits per heavy atom. The molecule has 0 spiro atoms. The molecule has 1 saturated heterocycles. The van der Waals surface area contributed by atoms with E-state index in [0.29, 0.717) is 13.2 Å². The fourth-order valence-corrected chi connectivity index (χ4v) is 3.59. The normalized spacial score (nSPS) is 14.8. The Balaban J connectivity index is 1.97. The summed E-state index contributed by atoms with van der Waals surface area (Å²) in [5.41, 5.74) is 1.91. The SMILES string of the molecule is COC(=O)C[n+]1cc(-c2ccc(F)cc2)c(N2CCOCC2)s1. The second-order valence-electron chi connectivity index (χ2n) is 5.20. The number of halogens is 1. The fraction of sp³-hybridized carbons (Fsp3) is 0.375. The van der Waals surface area contributed by atoms with Crippen LogP contribution >= 0.6 is 11.5 Å². The smallest absolute Gasteiger partial charge is 0.373 e. The third-order valence-corrected chi connectivity index (χ3v) is 4.79. The third kappa shape index (κ3) is 3.68. The molecule has 0 amide bonds. The Hall–Kier alpha value is -1.99. The first-order valence-electron chi connectivity index (χ1n) is 7.36. The average Bonchev–Trinajstić information content (AvgIpc) is 3.00. The molecule has 1 aromatic heterocycles. The van der Waals surface area contributed by atoms with E-state index in [2.05, 4.69) is 4.90 Å². The summed E-state index contributed by atoms with van der Waals surface area (Å²) < 4.78 is 25.2. The van der Waals surface area contributed by atoms with Gasteiger partial charge in [0, 0.05) is 13.1 Å². The molecule has 122 valence electrons. The van der Waals surface area contributed by atoms with E-state index >= 15 is 0 Å². The molecule has 7 heteroatoms. The summed E-state index contributed by atoms with van der Waals surface area (Å²) >= 11 is 1.50. The standard InChI is InChI=1S/C16H18FN2O3S/c1-21-15(20)11-19-10-14(12-2-4-13(17)5-3-12)16(23-19)18-6-8-22-9-7-18/h2-5,10H,6-9,11H2,1H3/q+1. The number of carbonyl (C=O) groups is 1. The fourth-order valence-electron chi connectivity index (χ4n) is 2.48. The van der Waals surface area contributed by atoms with Gasteiger partial charge in [-0.3, -0.25) is 0 Å². The zero-order chi connectivity index (χ0) is 16.2. The quantitative estimate of drug-likeness (QED) is 0.631. The van der Waals surface area contributed by atoms with E-state index in [0.717, 1.165) is 29.2 Å². The Bertz CT molecular complexity index is 681. The molecule has 0 aliphatic carbocycles. The minimum Gasteiger partial charge on any atom is -0.464 e. The van der Waals surface area contributed by atoms with Crippen molar-refractivity contribution in [1.29, 1.82) is 0 Å². The number of anilines is 1. The molecule has 5 nitrogen and oxygen atoms in total. The number of ether oxygens (including phenoxy) is 2. The monoisotopic (exact) mass is 337 g/mol. The van der Waals surface area contributed by atoms with Crippen LogP contribution in [0.4, 0.5) is 9.39 Å². The predicted octanol–water partition coefficient (Wildman–Crippen LogP) is 1.85. The van der Waals surface area contributed by atoms with Gasteiger partial charge in [-0.2, -0.15) is 0 Å². The maximum absolute atomic E-state index is 13.2. The summed E-state index contributed by atoms with van der Waals surface area (Å²) in [5, 5.41) is 1.06. The molecule has 0 atom stereocenters. The Morgan fingerprint density at radius 2 is 2.04 bits per heavy atom. The topological polar surface area (TPSA) is 42.7 Å². The number of esters is 1. The van der Waals surface area contributed by atoms with E-state index in [4.69, 9.17) is 9.47 Å². The van der Waals surface area contributed by atoms with Gasteiger partial charge in [-0.15, -0.1) is 3.96 Å². The highest BCUT2D eigenvalue weighted by Crippen LogP contribution is 2.34. The number of rotatable bonds is 4. The Morgan fingerprint density at radius 1 is 1.35 bits per heavy atom. The Labute approximate surface area is 138 Å². The maximum atomic E-state index is 13.2. The maximum Gasteiger partial charge on any atom is 0.373 e. The summed E-state index contributed by atoms with van der Waals surface area (Å²) in [4.78, 5) is 13.8. The van der Waals surface area contributed by atoms with Crippen LogP contribution in [0.3, 0.4) is 0 Å². The van der Waals surface area contributed by atoms with Crippen LogP contribution in [0.2, 0.25) is 0 Å². The number of aromatic nitrogens is 1. The zero-order valence-electron chi connectivity index (χ0n) is 12.8. The van der Waals surface area contributed by atoms with Crippen molar-refractivity contribution in [2.45, 2.75) is 6.54 Å². The molecule has 0 saturated carbocycles. The van der Waals surface area contributed by atoms with Crippen LogP contribution in [0, 0.1) is 5.82 Å². The van der Waals surface area contributed by atoms with Crippen molar-refractivity contribution in [3.05, 3.63) is 36.3 Å². The molecule has 1 aromatic carbocycles. The van der Waals surface area contributed by atoms with E-state index in [1.165, 1.54) is 30.8 Å². The molecule has 23 heavy (non-hydrogen) atoms. The molecule has 0 unspecified atom stereocenters. The van der Waals surface area contributed by atoms with Gasteiger partial charge in [-0.05, 0) is 17.7 Å². The lowest BCUT2D eigenvalue weighted by Crippen LogP contribution is -2.36. The lowest BCUT2D eigenvalue weighted by Gasteiger charge is -2.26. The molecule has 1 aliphatic heterocycles. The Kier molecular flexibility index (Phi) is 4.88. The van der Waals surface area contributed by atoms with Crippen LogP contribution in [0.25, 0.3) is 11.1 Å². The number of hydrogen-bond acceptors (Lipinski definition) is 5. The van der Waals surface area contributed by atoms with Gasteiger partial charge in [0.2, 0.25) is 0 Å². The van der Waals surface area contributed by atoms with Gasteiger partial charge >= 0.3 is 5.97 Å². The second kappa shape index (κ2) is 7.06. The molecule has 1 aliphatic rings. The van der Waals surface area contributed by atoms with E-state index in [-0.39, 0.29) is 18.3 Å². The van der Waals surface area contributed by atoms with Crippen LogP contribution in [-0.4, -0.2) is 39.4 Å². The van der Waals surface area contributed by atoms with Crippen molar-refractivity contribution in [2.24, 2.45) is 0 Å². The summed E-state index contributed by atoms with van der Waals surface area (Å²) in [6, 6.07) is 6.40. The average molecular weight is 337 g/mol. The van der Waals surface area contributed by atoms with Crippen LogP contribution in [-0.2, 0) is 20.8 Å². The molecule has 1 fully saturated rings. The lowest BCUT2D eigenvalue weighted by molar-refractivity contribution is -0.616. The van der Waals surface area contributed by atoms with Gasteiger partial charge in [-0.25, -0.2) is 9.18 Å². The first-order valence-corrected chi connectivity index (χ1v) is 8.14. The van der Waals surface area contributed by atoms with Crippen molar-refractivity contribution in [3.8, 4) is 11.1 Å². The third-order valence-electron chi connectivity index (χ3n) is 3.67. The molecule has 0 N–H and O–H groups in total. The van der Waals surface area contributed by atoms with Gasteiger partial charge in [0.05, 0.1) is 25.9 Å². The minimum atomic E-state index is -0.296. The van der Waals surface area contributed by atoms with Gasteiger partial charge in [0.25, 0.3) is 6.54 Å². The van der Waals surface area contributed by atoms with E-state index < -0.39 is 0 Å². The summed E-state index contributed by atoms with van der Waals surface area (Å²) in [6.45, 7) is 3.12. The van der Waals surface area contributed by atoms with Gasteiger partial charge in [0.1, 0.15) is 5.82 Å². The van der Waals surface area contributed by atoms with Crippen LogP contribution < -0.4 is 8.86 Å². The van der Waals surface area contributed by atoms with E-state index in [1.807, 2.05) is 10.2 Å². The van der Waals surface area contributed by atoms with Gasteiger partial charge < -0.3 is 14.4 Å². The van der Waals surface area contributed by atoms with Crippen molar-refractivity contribution >= 4 is 22.5 Å². The number of nitrogens with zero attached hydrogens (tertiary/aromatic N) is 2. The molecular formula is C16H18FN2O3S+. The summed E-state index contributed by atoms with van der Waals surface area (Å²) in [7, 11) is 1.38. The van der Waals surface area contributed by atoms with Crippen molar-refractivity contribution in [2.75, 3.05) is 38.3 Å². The largest absolute Gasteiger partial charge is 0.464 e. The van der Waals surface area contributed by atoms with Crippen LogP contribution in [0.15, 0.2) is 30.5 Å². The molecule has 0 radical (unpaired) electrons. The lowest BCUT2D eigenvalue weighted by atomic mass is 10.1. The predicted molar refractivity (Wildman–Crippen MR) is 85.0 cm³/mol. The second-order valence-corrected chi connectivity index (χ2v) is 6.24. The van der Waals surface area contributed by atoms with Crippen molar-refractivity contribution in [3.63, 3.8) is 0 Å². The van der Waals surface area contributed by atoms with Gasteiger partial charge in [-0.1, -0.05) is 12.1 Å². The van der Waals surface area contributed by atoms with Crippen molar-refractivity contribution in [1.82, 2.24) is 0 Å². The first kappa shape index (κ1) is 15.9. The molecular weight excluding hydrogens is 319 g/mol. The highest BCUT2D eigenvalue weighted by Gasteiger charge is 2.25. The molecule has 2 heterocycles. The number of benzene rings is 1. The van der Waals surface area contributed by atoms with Crippen molar-refractivity contribution < 1.29 is 22.6 Å². The van der Waals surface area contributed by atoms with E-state index in [1.54, 1.807) is 12.1 Å². The first-order chi connectivity index (χ1) is 11.2. The minimum absolute atomic E-state index is 0.166. The molecule has 0 bridgehead atoms. The van der Waals surface area contributed by atoms with Crippen LogP contribution in [0.1, 0.15) is 0 Å². The number of methoxy groups -OCH3 is 1.